The molecule has 0 aliphatic carbocycles. The predicted molar refractivity (Wildman–Crippen MR) is 244 cm³/mol. The smallest absolute Gasteiger partial charge is 0.267 e. The van der Waals surface area contributed by atoms with Gasteiger partial charge in [-0.15, -0.1) is 0 Å². The fraction of sp³-hybridized carbons (Fsp3) is 0.735. The zero-order chi connectivity index (χ0) is 41.1. The molecule has 3 N–H and O–H groups in total. The van der Waals surface area contributed by atoms with Gasteiger partial charge in [0.1, 0.15) is 0 Å². The van der Waals surface area contributed by atoms with Crippen LogP contribution in [0.4, 0.5) is 0 Å². The molecule has 0 spiro atoms. The Morgan fingerprint density at radius 1 is 0.482 bits per heavy atom. The van der Waals surface area contributed by atoms with Gasteiger partial charge in [-0.1, -0.05) is 196 Å². The number of aliphatic hydroxyl groups is 1. The van der Waals surface area contributed by atoms with Gasteiger partial charge in [0.25, 0.3) is 10.1 Å². The third-order valence-electron chi connectivity index (χ3n) is 10.1. The monoisotopic (exact) mass is 802 g/mol. The highest BCUT2D eigenvalue weighted by molar-refractivity contribution is 7.85. The van der Waals surface area contributed by atoms with E-state index in [1.165, 1.54) is 115 Å². The van der Waals surface area contributed by atoms with Crippen LogP contribution < -0.4 is 5.32 Å². The number of aliphatic hydroxyl groups excluding tert-OH is 1. The number of hydrogen-bond acceptors (Lipinski definition) is 4. The van der Waals surface area contributed by atoms with Crippen LogP contribution in [0.2, 0.25) is 0 Å². The van der Waals surface area contributed by atoms with Crippen LogP contribution in [0.1, 0.15) is 213 Å². The first-order valence-corrected chi connectivity index (χ1v) is 24.7. The highest BCUT2D eigenvalue weighted by Crippen LogP contribution is 2.13. The number of allylic oxidation sites excluding steroid dienone is 11. The molecule has 0 saturated heterocycles. The van der Waals surface area contributed by atoms with E-state index in [-0.39, 0.29) is 12.3 Å². The predicted octanol–water partition coefficient (Wildman–Crippen LogP) is 14.2. The molecule has 6 nitrogen and oxygen atoms in total. The molecule has 0 aromatic heterocycles. The Labute approximate surface area is 346 Å². The maximum atomic E-state index is 12.5. The minimum absolute atomic E-state index is 0.267. The largest absolute Gasteiger partial charge is 0.387 e. The normalized spacial score (nSPS) is 13.9. The summed E-state index contributed by atoms with van der Waals surface area (Å²) in [6.45, 7) is 4.52. The molecule has 56 heavy (non-hydrogen) atoms. The average Bonchev–Trinajstić information content (AvgIpc) is 3.16. The van der Waals surface area contributed by atoms with Crippen LogP contribution in [0.15, 0.2) is 72.9 Å². The van der Waals surface area contributed by atoms with Crippen LogP contribution in [0, 0.1) is 0 Å². The molecule has 2 unspecified atom stereocenters. The summed E-state index contributed by atoms with van der Waals surface area (Å²) in [7, 11) is -4.37. The number of carbonyl (C=O) groups is 1. The summed E-state index contributed by atoms with van der Waals surface area (Å²) in [5.74, 6) is -1.03. The van der Waals surface area contributed by atoms with Crippen molar-refractivity contribution >= 4 is 16.0 Å². The molecular formula is C49H87NO5S. The fourth-order valence-corrected chi connectivity index (χ4v) is 7.34. The second-order valence-corrected chi connectivity index (χ2v) is 17.2. The van der Waals surface area contributed by atoms with Gasteiger partial charge in [-0.2, -0.15) is 8.42 Å². The molecule has 0 aliphatic heterocycles. The van der Waals surface area contributed by atoms with Crippen LogP contribution in [0.25, 0.3) is 0 Å². The lowest BCUT2D eigenvalue weighted by atomic mass is 10.1. The van der Waals surface area contributed by atoms with E-state index in [1.807, 2.05) is 0 Å². The second-order valence-electron chi connectivity index (χ2n) is 15.7. The SMILES string of the molecule is CCCCCCC/C=C\C/C=C\C/C=C\CCCCCCCCC(=O)NC(CS(=O)(=O)O)C(O)/C=C/CC/C=C/CC/C=C/CCCCCCCCCCCC. The fourth-order valence-electron chi connectivity index (χ4n) is 6.61. The Morgan fingerprint density at radius 2 is 0.821 bits per heavy atom. The molecule has 2 atom stereocenters. The van der Waals surface area contributed by atoms with Gasteiger partial charge in [0.2, 0.25) is 5.91 Å². The molecule has 0 aliphatic rings. The van der Waals surface area contributed by atoms with Crippen LogP contribution in [-0.4, -0.2) is 41.9 Å². The maximum absolute atomic E-state index is 12.5. The third kappa shape index (κ3) is 42.9. The number of carbonyl (C=O) groups excluding carboxylic acids is 1. The zero-order valence-corrected chi connectivity index (χ0v) is 37.1. The summed E-state index contributed by atoms with van der Waals surface area (Å²) in [6.07, 6.45) is 60.3. The van der Waals surface area contributed by atoms with Crippen molar-refractivity contribution in [2.75, 3.05) is 5.75 Å². The topological polar surface area (TPSA) is 104 Å². The molecule has 0 aromatic carbocycles. The second kappa shape index (κ2) is 42.4. The molecule has 0 fully saturated rings. The van der Waals surface area contributed by atoms with E-state index in [2.05, 4.69) is 79.9 Å². The molecule has 7 heteroatoms. The lowest BCUT2D eigenvalue weighted by Gasteiger charge is -2.21. The van der Waals surface area contributed by atoms with Crippen LogP contribution in [-0.2, 0) is 14.9 Å². The van der Waals surface area contributed by atoms with Crippen molar-refractivity contribution in [3.63, 3.8) is 0 Å². The minimum Gasteiger partial charge on any atom is -0.387 e. The minimum atomic E-state index is -4.37. The van der Waals surface area contributed by atoms with Gasteiger partial charge < -0.3 is 10.4 Å². The van der Waals surface area contributed by atoms with Crippen LogP contribution in [0.3, 0.4) is 0 Å². The van der Waals surface area contributed by atoms with Crippen molar-refractivity contribution in [3.05, 3.63) is 72.9 Å². The van der Waals surface area contributed by atoms with E-state index in [1.54, 1.807) is 6.08 Å². The lowest BCUT2D eigenvalue weighted by Crippen LogP contribution is -2.46. The Kier molecular flexibility index (Phi) is 40.7. The van der Waals surface area contributed by atoms with Gasteiger partial charge in [-0.3, -0.25) is 9.35 Å². The summed E-state index contributed by atoms with van der Waals surface area (Å²) in [5.41, 5.74) is 0. The first-order chi connectivity index (χ1) is 27.3. The van der Waals surface area contributed by atoms with Gasteiger partial charge in [0.05, 0.1) is 17.9 Å². The Hall–Kier alpha value is -2.22. The first kappa shape index (κ1) is 53.8. The maximum Gasteiger partial charge on any atom is 0.267 e. The van der Waals surface area contributed by atoms with Gasteiger partial charge in [-0.25, -0.2) is 0 Å². The number of rotatable bonds is 41. The van der Waals surface area contributed by atoms with E-state index in [4.69, 9.17) is 0 Å². The molecule has 1 amide bonds. The van der Waals surface area contributed by atoms with Gasteiger partial charge in [0.15, 0.2) is 0 Å². The number of hydrogen-bond donors (Lipinski definition) is 3. The first-order valence-electron chi connectivity index (χ1n) is 23.1. The van der Waals surface area contributed by atoms with Crippen molar-refractivity contribution in [2.45, 2.75) is 225 Å². The summed E-state index contributed by atoms with van der Waals surface area (Å²) in [6, 6.07) is -1.09. The van der Waals surface area contributed by atoms with Crippen molar-refractivity contribution in [1.82, 2.24) is 5.32 Å². The number of nitrogens with one attached hydrogen (secondary N) is 1. The average molecular weight is 802 g/mol. The summed E-state index contributed by atoms with van der Waals surface area (Å²) < 4.78 is 32.6. The van der Waals surface area contributed by atoms with Crippen molar-refractivity contribution in [3.8, 4) is 0 Å². The molecule has 0 heterocycles. The van der Waals surface area contributed by atoms with E-state index in [9.17, 15) is 22.9 Å². The van der Waals surface area contributed by atoms with Gasteiger partial charge in [0, 0.05) is 6.42 Å². The van der Waals surface area contributed by atoms with Gasteiger partial charge in [-0.05, 0) is 83.5 Å². The summed E-state index contributed by atoms with van der Waals surface area (Å²) >= 11 is 0. The molecule has 0 aromatic rings. The summed E-state index contributed by atoms with van der Waals surface area (Å²) in [5, 5.41) is 13.2. The van der Waals surface area contributed by atoms with E-state index in [0.717, 1.165) is 70.6 Å². The molecule has 0 radical (unpaired) electrons. The van der Waals surface area contributed by atoms with Crippen LogP contribution in [0.5, 0.6) is 0 Å². The van der Waals surface area contributed by atoms with Crippen molar-refractivity contribution in [2.24, 2.45) is 0 Å². The summed E-state index contributed by atoms with van der Waals surface area (Å²) in [4.78, 5) is 12.5. The van der Waals surface area contributed by atoms with Crippen molar-refractivity contribution in [1.29, 1.82) is 0 Å². The third-order valence-corrected chi connectivity index (χ3v) is 10.9. The van der Waals surface area contributed by atoms with E-state index < -0.39 is 28.0 Å². The zero-order valence-electron chi connectivity index (χ0n) is 36.2. The Morgan fingerprint density at radius 3 is 1.25 bits per heavy atom. The van der Waals surface area contributed by atoms with E-state index in [0.29, 0.717) is 12.8 Å². The highest BCUT2D eigenvalue weighted by atomic mass is 32.2. The number of unbranched alkanes of at least 4 members (excludes halogenated alkanes) is 23. The lowest BCUT2D eigenvalue weighted by molar-refractivity contribution is -0.122. The van der Waals surface area contributed by atoms with Crippen LogP contribution >= 0.6 is 0 Å². The standard InChI is InChI=1S/C49H87NO5S/c1-3-5-7-9-11-13-15-17-19-21-23-25-27-29-31-33-35-37-39-41-43-45-49(52)50-47(46-56(53,54)55)48(51)44-42-40-38-36-34-32-30-28-26-24-22-20-18-16-14-12-10-8-6-4-2/h15,17,21,23,26-29,34,36,42,44,47-48,51H,3-14,16,18-20,22,24-25,30-33,35,37-41,43,45-46H2,1-2H3,(H,50,52)(H,53,54,55)/b17-15-,23-21-,28-26+,29-27-,36-34+,44-42+. The molecule has 0 rings (SSSR count). The number of amides is 1. The molecular weight excluding hydrogens is 715 g/mol. The van der Waals surface area contributed by atoms with Crippen molar-refractivity contribution < 1.29 is 22.9 Å². The Balaban J connectivity index is 3.99. The van der Waals surface area contributed by atoms with E-state index >= 15 is 0 Å². The quantitative estimate of drug-likeness (QED) is 0.0324. The molecule has 0 bridgehead atoms. The highest BCUT2D eigenvalue weighted by Gasteiger charge is 2.24. The molecule has 0 saturated carbocycles. The Bertz CT molecular complexity index is 1150. The molecule has 324 valence electrons. The van der Waals surface area contributed by atoms with Gasteiger partial charge >= 0.3 is 0 Å².